The van der Waals surface area contributed by atoms with Crippen LogP contribution < -0.4 is 15.6 Å². The number of methoxy groups -OCH3 is 1. The number of carbonyl (C=O) groups excluding carboxylic acids is 2. The smallest absolute Gasteiger partial charge is 0.250 e. The first-order valence-electron chi connectivity index (χ1n) is 9.40. The average molecular weight is 383 g/mol. The molecule has 0 bridgehead atoms. The minimum Gasteiger partial charge on any atom is -0.497 e. The summed E-state index contributed by atoms with van der Waals surface area (Å²) in [7, 11) is 1.63. The molecule has 2 amide bonds. The van der Waals surface area contributed by atoms with E-state index in [1.165, 1.54) is 10.6 Å². The first kappa shape index (κ1) is 19.7. The van der Waals surface area contributed by atoms with Crippen molar-refractivity contribution in [1.29, 1.82) is 0 Å². The van der Waals surface area contributed by atoms with E-state index < -0.39 is 0 Å². The van der Waals surface area contributed by atoms with E-state index in [1.54, 1.807) is 30.3 Å². The van der Waals surface area contributed by atoms with Crippen molar-refractivity contribution in [3.05, 3.63) is 64.6 Å². The number of benzene rings is 1. The summed E-state index contributed by atoms with van der Waals surface area (Å²) >= 11 is 0. The summed E-state index contributed by atoms with van der Waals surface area (Å²) in [6.45, 7) is 1.47. The van der Waals surface area contributed by atoms with E-state index in [-0.39, 0.29) is 29.8 Å². The van der Waals surface area contributed by atoms with E-state index in [9.17, 15) is 14.4 Å². The molecule has 1 aromatic heterocycles. The summed E-state index contributed by atoms with van der Waals surface area (Å²) in [6.07, 6.45) is 2.95. The monoisotopic (exact) mass is 383 g/mol. The summed E-state index contributed by atoms with van der Waals surface area (Å²) in [4.78, 5) is 37.8. The van der Waals surface area contributed by atoms with Crippen molar-refractivity contribution in [2.24, 2.45) is 0 Å². The number of ether oxygens (including phenoxy) is 1. The fraction of sp³-hybridized carbons (Fsp3) is 0.381. The quantitative estimate of drug-likeness (QED) is 0.743. The van der Waals surface area contributed by atoms with Gasteiger partial charge in [0.25, 0.3) is 5.56 Å². The molecule has 7 nitrogen and oxygen atoms in total. The Morgan fingerprint density at radius 3 is 2.64 bits per heavy atom. The van der Waals surface area contributed by atoms with E-state index >= 15 is 0 Å². The largest absolute Gasteiger partial charge is 0.497 e. The topological polar surface area (TPSA) is 80.6 Å². The van der Waals surface area contributed by atoms with Crippen LogP contribution in [0.3, 0.4) is 0 Å². The Balaban J connectivity index is 1.43. The van der Waals surface area contributed by atoms with Crippen molar-refractivity contribution >= 4 is 11.8 Å². The average Bonchev–Trinajstić information content (AvgIpc) is 3.05. The highest BCUT2D eigenvalue weighted by Crippen LogP contribution is 2.15. The number of hydrogen-bond acceptors (Lipinski definition) is 4. The zero-order valence-electron chi connectivity index (χ0n) is 16.0. The summed E-state index contributed by atoms with van der Waals surface area (Å²) in [5.74, 6) is 0.713. The minimum absolute atomic E-state index is 0.0538. The highest BCUT2D eigenvalue weighted by atomic mass is 16.5. The minimum atomic E-state index is -0.177. The Morgan fingerprint density at radius 2 is 1.93 bits per heavy atom. The summed E-state index contributed by atoms with van der Waals surface area (Å²) in [5.41, 5.74) is 1.01. The highest BCUT2D eigenvalue weighted by molar-refractivity contribution is 5.82. The van der Waals surface area contributed by atoms with Gasteiger partial charge in [-0.25, -0.2) is 0 Å². The lowest BCUT2D eigenvalue weighted by Crippen LogP contribution is -2.38. The molecular weight excluding hydrogens is 358 g/mol. The number of aromatic nitrogens is 1. The molecule has 1 aliphatic heterocycles. The number of aryl methyl sites for hydroxylation is 1. The Morgan fingerprint density at radius 1 is 1.14 bits per heavy atom. The Bertz CT molecular complexity index is 876. The maximum Gasteiger partial charge on any atom is 0.250 e. The second-order valence-electron chi connectivity index (χ2n) is 6.89. The van der Waals surface area contributed by atoms with Crippen molar-refractivity contribution in [2.45, 2.75) is 31.8 Å². The molecule has 28 heavy (non-hydrogen) atoms. The molecule has 3 rings (SSSR count). The third-order valence-corrected chi connectivity index (χ3v) is 4.89. The van der Waals surface area contributed by atoms with E-state index in [2.05, 4.69) is 5.32 Å². The lowest BCUT2D eigenvalue weighted by Gasteiger charge is -2.17. The predicted octanol–water partition coefficient (Wildman–Crippen LogP) is 1.21. The van der Waals surface area contributed by atoms with Gasteiger partial charge in [0.05, 0.1) is 13.2 Å². The second-order valence-corrected chi connectivity index (χ2v) is 6.89. The van der Waals surface area contributed by atoms with E-state index in [0.717, 1.165) is 17.7 Å². The first-order valence-corrected chi connectivity index (χ1v) is 9.40. The molecule has 0 saturated carbocycles. The molecule has 148 valence electrons. The SMILES string of the molecule is COc1ccc(CCN2C[C@@H](NC(=O)CCn3ccccc3=O)CC2=O)cc1. The standard InChI is InChI=1S/C21H25N3O4/c1-28-18-7-5-16(6-8-18)9-12-24-15-17(14-21(24)27)22-19(25)10-13-23-11-3-2-4-20(23)26/h2-8,11,17H,9-10,12-15H2,1H3,(H,22,25)/t17-/m0/s1. The van der Waals surface area contributed by atoms with Gasteiger partial charge >= 0.3 is 0 Å². The molecule has 0 radical (unpaired) electrons. The van der Waals surface area contributed by atoms with E-state index in [1.807, 2.05) is 24.3 Å². The maximum absolute atomic E-state index is 12.2. The van der Waals surface area contributed by atoms with Crippen molar-refractivity contribution in [3.8, 4) is 5.75 Å². The molecule has 2 heterocycles. The molecule has 1 saturated heterocycles. The zero-order chi connectivity index (χ0) is 19.9. The van der Waals surface area contributed by atoms with Gasteiger partial charge in [-0.15, -0.1) is 0 Å². The number of nitrogens with one attached hydrogen (secondary N) is 1. The molecule has 0 unspecified atom stereocenters. The lowest BCUT2D eigenvalue weighted by atomic mass is 10.1. The van der Waals surface area contributed by atoms with Crippen molar-refractivity contribution < 1.29 is 14.3 Å². The third kappa shape index (κ3) is 5.22. The number of nitrogens with zero attached hydrogens (tertiary/aromatic N) is 2. The molecule has 1 fully saturated rings. The van der Waals surface area contributed by atoms with Crippen LogP contribution in [0.4, 0.5) is 0 Å². The van der Waals surface area contributed by atoms with Gasteiger partial charge in [0.1, 0.15) is 5.75 Å². The number of amides is 2. The molecule has 7 heteroatoms. The van der Waals surface area contributed by atoms with Gasteiger partial charge in [0.15, 0.2) is 0 Å². The van der Waals surface area contributed by atoms with Gasteiger partial charge < -0.3 is 19.5 Å². The number of rotatable bonds is 8. The zero-order valence-corrected chi connectivity index (χ0v) is 16.0. The number of hydrogen-bond donors (Lipinski definition) is 1. The molecule has 1 atom stereocenters. The van der Waals surface area contributed by atoms with E-state index in [0.29, 0.717) is 26.1 Å². The van der Waals surface area contributed by atoms with Crippen LogP contribution in [0.1, 0.15) is 18.4 Å². The van der Waals surface area contributed by atoms with E-state index in [4.69, 9.17) is 4.74 Å². The normalized spacial score (nSPS) is 16.2. The van der Waals surface area contributed by atoms with Crippen LogP contribution in [0.25, 0.3) is 0 Å². The first-order chi connectivity index (χ1) is 13.5. The van der Waals surface area contributed by atoms with Gasteiger partial charge in [-0.3, -0.25) is 14.4 Å². The van der Waals surface area contributed by atoms with Crippen LogP contribution in [0.5, 0.6) is 5.75 Å². The molecule has 0 spiro atoms. The van der Waals surface area contributed by atoms with Crippen LogP contribution in [-0.4, -0.2) is 47.5 Å². The van der Waals surface area contributed by atoms with Crippen molar-refractivity contribution in [2.75, 3.05) is 20.2 Å². The molecule has 1 N–H and O–H groups in total. The highest BCUT2D eigenvalue weighted by Gasteiger charge is 2.30. The van der Waals surface area contributed by atoms with Gasteiger partial charge in [-0.05, 0) is 30.2 Å². The van der Waals surface area contributed by atoms with Crippen LogP contribution in [0.15, 0.2) is 53.5 Å². The third-order valence-electron chi connectivity index (χ3n) is 4.89. The maximum atomic E-state index is 12.2. The Kier molecular flexibility index (Phi) is 6.47. The Labute approximate surface area is 163 Å². The number of pyridine rings is 1. The molecular formula is C21H25N3O4. The fourth-order valence-corrected chi connectivity index (χ4v) is 3.31. The van der Waals surface area contributed by atoms with Crippen molar-refractivity contribution in [3.63, 3.8) is 0 Å². The number of carbonyl (C=O) groups is 2. The lowest BCUT2D eigenvalue weighted by molar-refractivity contribution is -0.127. The molecule has 1 aromatic carbocycles. The van der Waals surface area contributed by atoms with Gasteiger partial charge in [-0.1, -0.05) is 18.2 Å². The van der Waals surface area contributed by atoms with Crippen LogP contribution in [0, 0.1) is 0 Å². The summed E-state index contributed by atoms with van der Waals surface area (Å²) in [6, 6.07) is 12.5. The van der Waals surface area contributed by atoms with Crippen LogP contribution in [-0.2, 0) is 22.6 Å². The van der Waals surface area contributed by atoms with Gasteiger partial charge in [0.2, 0.25) is 11.8 Å². The predicted molar refractivity (Wildman–Crippen MR) is 105 cm³/mol. The van der Waals surface area contributed by atoms with Crippen LogP contribution >= 0.6 is 0 Å². The molecule has 2 aromatic rings. The van der Waals surface area contributed by atoms with Gasteiger partial charge in [0, 0.05) is 44.7 Å². The summed E-state index contributed by atoms with van der Waals surface area (Å²) < 4.78 is 6.65. The molecule has 0 aliphatic carbocycles. The van der Waals surface area contributed by atoms with Gasteiger partial charge in [-0.2, -0.15) is 0 Å². The van der Waals surface area contributed by atoms with Crippen LogP contribution in [0.2, 0.25) is 0 Å². The Hall–Kier alpha value is -3.09. The molecule has 1 aliphatic rings. The van der Waals surface area contributed by atoms with Crippen molar-refractivity contribution in [1.82, 2.24) is 14.8 Å². The summed E-state index contributed by atoms with van der Waals surface area (Å²) in [5, 5.41) is 2.91. The fourth-order valence-electron chi connectivity index (χ4n) is 3.31. The second kappa shape index (κ2) is 9.21. The number of likely N-dealkylation sites (tertiary alicyclic amines) is 1.